The standard InChI is InChI=1S/C33H32Cl2F2N4O5.ClH/c1-32(2,3)14-25-33(16-38,20-10-9-18(34)13-22(20)36)27(19-6-5-7-21(35)28(19)37)29(41-25)30(43)40-23-11-8-17(12-24(23)45-4)31(44)46-15-26(39)42;/h5-13,25,27,29,41H,14-15H2,1-4H3,(H2,39,42)(H,40,43);1H/t25-,27-,29+,33-;/m0./s1. The van der Waals surface area contributed by atoms with E-state index < -0.39 is 64.9 Å². The summed E-state index contributed by atoms with van der Waals surface area (Å²) in [4.78, 5) is 37.6. The molecule has 1 heterocycles. The van der Waals surface area contributed by atoms with Crippen molar-refractivity contribution in [2.75, 3.05) is 19.0 Å². The smallest absolute Gasteiger partial charge is 0.338 e. The van der Waals surface area contributed by atoms with Gasteiger partial charge in [0.25, 0.3) is 5.91 Å². The summed E-state index contributed by atoms with van der Waals surface area (Å²) >= 11 is 12.3. The van der Waals surface area contributed by atoms with Crippen molar-refractivity contribution in [2.24, 2.45) is 11.1 Å². The molecule has 1 saturated heterocycles. The van der Waals surface area contributed by atoms with E-state index in [1.54, 1.807) is 0 Å². The molecule has 4 atom stereocenters. The van der Waals surface area contributed by atoms with Crippen molar-refractivity contribution in [3.63, 3.8) is 0 Å². The van der Waals surface area contributed by atoms with Gasteiger partial charge in [-0.25, -0.2) is 13.6 Å². The summed E-state index contributed by atoms with van der Waals surface area (Å²) in [7, 11) is 1.31. The maximum Gasteiger partial charge on any atom is 0.338 e. The number of carbonyl (C=O) groups excluding carboxylic acids is 3. The molecule has 3 aromatic carbocycles. The fourth-order valence-corrected chi connectivity index (χ4v) is 6.25. The van der Waals surface area contributed by atoms with Crippen LogP contribution >= 0.6 is 35.6 Å². The van der Waals surface area contributed by atoms with E-state index in [-0.39, 0.29) is 57.0 Å². The highest BCUT2D eigenvalue weighted by atomic mass is 35.5. The van der Waals surface area contributed by atoms with E-state index in [4.69, 9.17) is 38.4 Å². The molecule has 4 N–H and O–H groups in total. The predicted molar refractivity (Wildman–Crippen MR) is 176 cm³/mol. The average molecular weight is 710 g/mol. The molecule has 0 bridgehead atoms. The zero-order chi connectivity index (χ0) is 34.0. The highest BCUT2D eigenvalue weighted by Crippen LogP contribution is 2.53. The Morgan fingerprint density at radius 3 is 2.40 bits per heavy atom. The van der Waals surface area contributed by atoms with Crippen molar-refractivity contribution in [3.8, 4) is 11.8 Å². The monoisotopic (exact) mass is 708 g/mol. The number of primary amides is 1. The Balaban J connectivity index is 0.00000600. The first-order valence-electron chi connectivity index (χ1n) is 14.1. The van der Waals surface area contributed by atoms with E-state index in [0.29, 0.717) is 0 Å². The van der Waals surface area contributed by atoms with E-state index in [1.165, 1.54) is 55.6 Å². The molecule has 2 amide bonds. The molecule has 0 aliphatic carbocycles. The van der Waals surface area contributed by atoms with E-state index in [9.17, 15) is 19.6 Å². The predicted octanol–water partition coefficient (Wildman–Crippen LogP) is 6.30. The lowest BCUT2D eigenvalue weighted by Crippen LogP contribution is -2.45. The third-order valence-corrected chi connectivity index (χ3v) is 8.30. The molecule has 14 heteroatoms. The van der Waals surface area contributed by atoms with Crippen LogP contribution in [0.25, 0.3) is 0 Å². The molecule has 0 radical (unpaired) electrons. The van der Waals surface area contributed by atoms with Crippen LogP contribution in [0, 0.1) is 28.4 Å². The molecule has 0 spiro atoms. The third kappa shape index (κ3) is 7.79. The van der Waals surface area contributed by atoms with Gasteiger partial charge in [-0.15, -0.1) is 12.4 Å². The second-order valence-electron chi connectivity index (χ2n) is 12.1. The largest absolute Gasteiger partial charge is 0.495 e. The average Bonchev–Trinajstić information content (AvgIpc) is 3.30. The summed E-state index contributed by atoms with van der Waals surface area (Å²) in [5, 5.41) is 16.8. The van der Waals surface area contributed by atoms with Crippen molar-refractivity contribution in [1.29, 1.82) is 5.26 Å². The number of esters is 1. The van der Waals surface area contributed by atoms with Crippen LogP contribution in [0.4, 0.5) is 14.5 Å². The molecule has 1 fully saturated rings. The summed E-state index contributed by atoms with van der Waals surface area (Å²) < 4.78 is 41.9. The molecule has 0 saturated carbocycles. The minimum atomic E-state index is -1.81. The number of benzene rings is 3. The van der Waals surface area contributed by atoms with Gasteiger partial charge in [0.2, 0.25) is 5.91 Å². The number of nitrogens with zero attached hydrogens (tertiary/aromatic N) is 1. The number of nitrogens with one attached hydrogen (secondary N) is 2. The van der Waals surface area contributed by atoms with Gasteiger partial charge in [0, 0.05) is 22.5 Å². The number of hydrogen-bond donors (Lipinski definition) is 3. The summed E-state index contributed by atoms with van der Waals surface area (Å²) in [6, 6.07) is 12.3. The highest BCUT2D eigenvalue weighted by Gasteiger charge is 2.61. The van der Waals surface area contributed by atoms with E-state index in [0.717, 1.165) is 6.07 Å². The van der Waals surface area contributed by atoms with Gasteiger partial charge in [-0.05, 0) is 53.8 Å². The molecular weight excluding hydrogens is 677 g/mol. The topological polar surface area (TPSA) is 144 Å². The summed E-state index contributed by atoms with van der Waals surface area (Å²) in [5.74, 6) is -5.25. The molecule has 47 heavy (non-hydrogen) atoms. The molecule has 1 aliphatic heterocycles. The van der Waals surface area contributed by atoms with Crippen LogP contribution in [0.1, 0.15) is 54.6 Å². The number of hydrogen-bond acceptors (Lipinski definition) is 7. The molecule has 3 aromatic rings. The van der Waals surface area contributed by atoms with Crippen LogP contribution in [-0.4, -0.2) is 43.6 Å². The lowest BCUT2D eigenvalue weighted by molar-refractivity contribution is -0.121. The van der Waals surface area contributed by atoms with Gasteiger partial charge in [0.1, 0.15) is 22.8 Å². The summed E-state index contributed by atoms with van der Waals surface area (Å²) in [5.41, 5.74) is 2.83. The Kier molecular flexibility index (Phi) is 11.9. The van der Waals surface area contributed by atoms with E-state index >= 15 is 8.78 Å². The fraction of sp³-hybridized carbons (Fsp3) is 0.333. The Hall–Kier alpha value is -3.95. The van der Waals surface area contributed by atoms with Gasteiger partial charge in [-0.2, -0.15) is 5.26 Å². The number of carbonyl (C=O) groups is 3. The van der Waals surface area contributed by atoms with E-state index in [1.807, 2.05) is 20.8 Å². The zero-order valence-corrected chi connectivity index (χ0v) is 28.2. The second kappa shape index (κ2) is 14.9. The molecule has 250 valence electrons. The molecule has 1 aliphatic rings. The van der Waals surface area contributed by atoms with Crippen molar-refractivity contribution in [2.45, 2.75) is 50.6 Å². The van der Waals surface area contributed by atoms with Crippen molar-refractivity contribution in [1.82, 2.24) is 5.32 Å². The molecule has 9 nitrogen and oxygen atoms in total. The molecule has 0 aromatic heterocycles. The second-order valence-corrected chi connectivity index (χ2v) is 13.0. The van der Waals surface area contributed by atoms with Crippen LogP contribution in [0.5, 0.6) is 5.75 Å². The molecule has 0 unspecified atom stereocenters. The lowest BCUT2D eigenvalue weighted by Gasteiger charge is -2.37. The van der Waals surface area contributed by atoms with Gasteiger partial charge in [-0.1, -0.05) is 62.2 Å². The van der Waals surface area contributed by atoms with Crippen LogP contribution in [0.15, 0.2) is 54.6 Å². The number of halogens is 5. The first-order chi connectivity index (χ1) is 21.6. The summed E-state index contributed by atoms with van der Waals surface area (Å²) in [6.07, 6.45) is 0.288. The maximum atomic E-state index is 15.9. The molecule has 4 rings (SSSR count). The van der Waals surface area contributed by atoms with Gasteiger partial charge in [0.15, 0.2) is 6.61 Å². The Bertz CT molecular complexity index is 1730. The number of nitrogens with two attached hydrogens (primary N) is 1. The van der Waals surface area contributed by atoms with Crippen LogP contribution in [0.3, 0.4) is 0 Å². The SMILES string of the molecule is COc1cc(C(=O)OCC(N)=O)ccc1NC(=O)[C@@H]1N[C@@H](CC(C)(C)C)[C@](C#N)(c2ccc(Cl)cc2F)[C@H]1c1cccc(Cl)c1F.Cl. The van der Waals surface area contributed by atoms with Crippen LogP contribution in [0.2, 0.25) is 10.0 Å². The normalized spacial score (nSPS) is 20.4. The van der Waals surface area contributed by atoms with Gasteiger partial charge >= 0.3 is 5.97 Å². The minimum Gasteiger partial charge on any atom is -0.495 e. The van der Waals surface area contributed by atoms with E-state index in [2.05, 4.69) is 16.7 Å². The minimum absolute atomic E-state index is 0. The zero-order valence-electron chi connectivity index (χ0n) is 25.8. The number of rotatable bonds is 9. The Morgan fingerprint density at radius 2 is 1.81 bits per heavy atom. The number of ether oxygens (including phenoxy) is 2. The van der Waals surface area contributed by atoms with Gasteiger partial charge < -0.3 is 25.8 Å². The van der Waals surface area contributed by atoms with Crippen molar-refractivity contribution >= 4 is 59.1 Å². The first kappa shape index (κ1) is 37.5. The Morgan fingerprint density at radius 1 is 1.11 bits per heavy atom. The first-order valence-corrected chi connectivity index (χ1v) is 14.9. The highest BCUT2D eigenvalue weighted by molar-refractivity contribution is 6.31. The van der Waals surface area contributed by atoms with Gasteiger partial charge in [0.05, 0.1) is 35.5 Å². The Labute approximate surface area is 287 Å². The maximum absolute atomic E-state index is 15.9. The number of nitriles is 1. The fourth-order valence-electron chi connectivity index (χ4n) is 5.91. The number of methoxy groups -OCH3 is 1. The summed E-state index contributed by atoms with van der Waals surface area (Å²) in [6.45, 7) is 5.16. The quantitative estimate of drug-likeness (QED) is 0.221. The van der Waals surface area contributed by atoms with Crippen LogP contribution in [-0.2, 0) is 19.7 Å². The van der Waals surface area contributed by atoms with Crippen LogP contribution < -0.4 is 21.1 Å². The number of amides is 2. The number of anilines is 1. The molecular formula is C33H33Cl3F2N4O5. The van der Waals surface area contributed by atoms with Crippen molar-refractivity contribution in [3.05, 3.63) is 93.0 Å². The van der Waals surface area contributed by atoms with Gasteiger partial charge in [-0.3, -0.25) is 9.59 Å². The third-order valence-electron chi connectivity index (χ3n) is 7.77. The van der Waals surface area contributed by atoms with Crippen molar-refractivity contribution < 1.29 is 32.6 Å². The lowest BCUT2D eigenvalue weighted by atomic mass is 9.62.